The predicted molar refractivity (Wildman–Crippen MR) is 87.1 cm³/mol. The van der Waals surface area contributed by atoms with Gasteiger partial charge >= 0.3 is 6.09 Å². The van der Waals surface area contributed by atoms with Gasteiger partial charge in [-0.25, -0.2) is 4.79 Å². The van der Waals surface area contributed by atoms with E-state index in [2.05, 4.69) is 0 Å². The Kier molecular flexibility index (Phi) is 5.03. The third-order valence-electron chi connectivity index (χ3n) is 3.83. The zero-order valence-electron chi connectivity index (χ0n) is 13.6. The minimum atomic E-state index is -0.756. The van der Waals surface area contributed by atoms with Gasteiger partial charge in [0.25, 0.3) is 0 Å². The lowest BCUT2D eigenvalue weighted by molar-refractivity contribution is 0.00490. The van der Waals surface area contributed by atoms with E-state index in [0.29, 0.717) is 11.6 Å². The van der Waals surface area contributed by atoms with Crippen molar-refractivity contribution in [2.75, 3.05) is 6.54 Å². The summed E-state index contributed by atoms with van der Waals surface area (Å²) in [5.74, 6) is 0. The van der Waals surface area contributed by atoms with Gasteiger partial charge in [0, 0.05) is 11.6 Å². The minimum Gasteiger partial charge on any atom is -0.444 e. The maximum atomic E-state index is 12.3. The lowest BCUT2D eigenvalue weighted by Crippen LogP contribution is -2.42. The molecule has 0 aromatic heterocycles. The molecule has 0 aliphatic carbocycles. The molecule has 1 aromatic carbocycles. The van der Waals surface area contributed by atoms with Gasteiger partial charge in [0.2, 0.25) is 0 Å². The first-order valence-electron chi connectivity index (χ1n) is 7.63. The van der Waals surface area contributed by atoms with Crippen LogP contribution in [-0.2, 0) is 4.74 Å². The van der Waals surface area contributed by atoms with E-state index in [0.717, 1.165) is 24.0 Å². The molecular weight excluding hydrogens is 302 g/mol. The van der Waals surface area contributed by atoms with E-state index in [4.69, 9.17) is 16.3 Å². The fourth-order valence-corrected chi connectivity index (χ4v) is 2.87. The third kappa shape index (κ3) is 3.93. The van der Waals surface area contributed by atoms with E-state index in [1.54, 1.807) is 11.0 Å². The monoisotopic (exact) mass is 325 g/mol. The van der Waals surface area contributed by atoms with Gasteiger partial charge in [-0.05, 0) is 57.7 Å². The van der Waals surface area contributed by atoms with Crippen LogP contribution in [0.25, 0.3) is 0 Å². The standard InChI is InChI=1S/C17H24ClNO3/c1-11-7-8-12(10-13(11)18)15(20)14-6-5-9-19(14)16(21)22-17(2,3)4/h7-8,10,14-15,20H,5-6,9H2,1-4H3/t14-,15?/m0/s1. The van der Waals surface area contributed by atoms with Crippen LogP contribution in [0.4, 0.5) is 4.79 Å². The van der Waals surface area contributed by atoms with E-state index < -0.39 is 11.7 Å². The van der Waals surface area contributed by atoms with E-state index in [1.807, 2.05) is 39.8 Å². The molecule has 1 N–H and O–H groups in total. The molecule has 1 saturated heterocycles. The van der Waals surface area contributed by atoms with E-state index in [9.17, 15) is 9.90 Å². The van der Waals surface area contributed by atoms with Crippen molar-refractivity contribution in [3.63, 3.8) is 0 Å². The molecule has 122 valence electrons. The van der Waals surface area contributed by atoms with E-state index in [-0.39, 0.29) is 12.1 Å². The van der Waals surface area contributed by atoms with Crippen LogP contribution in [0.1, 0.15) is 50.8 Å². The number of carbonyl (C=O) groups excluding carboxylic acids is 1. The number of hydrogen-bond donors (Lipinski definition) is 1. The number of rotatable bonds is 2. The molecule has 0 saturated carbocycles. The van der Waals surface area contributed by atoms with Crippen molar-refractivity contribution >= 4 is 17.7 Å². The Morgan fingerprint density at radius 1 is 1.45 bits per heavy atom. The quantitative estimate of drug-likeness (QED) is 0.891. The van der Waals surface area contributed by atoms with E-state index >= 15 is 0 Å². The highest BCUT2D eigenvalue weighted by molar-refractivity contribution is 6.31. The summed E-state index contributed by atoms with van der Waals surface area (Å²) in [4.78, 5) is 13.9. The first-order chi connectivity index (χ1) is 10.2. The summed E-state index contributed by atoms with van der Waals surface area (Å²) in [5.41, 5.74) is 1.16. The van der Waals surface area contributed by atoms with Crippen LogP contribution < -0.4 is 0 Å². The van der Waals surface area contributed by atoms with Gasteiger partial charge in [-0.2, -0.15) is 0 Å². The molecule has 0 radical (unpaired) electrons. The Hall–Kier alpha value is -1.26. The van der Waals surface area contributed by atoms with Crippen LogP contribution in [0.2, 0.25) is 5.02 Å². The second-order valence-corrected chi connectivity index (χ2v) is 7.24. The molecule has 1 aliphatic rings. The molecule has 1 aliphatic heterocycles. The van der Waals surface area contributed by atoms with Crippen molar-refractivity contribution in [2.24, 2.45) is 0 Å². The van der Waals surface area contributed by atoms with Gasteiger partial charge in [0.15, 0.2) is 0 Å². The summed E-state index contributed by atoms with van der Waals surface area (Å²) in [6, 6.07) is 5.24. The van der Waals surface area contributed by atoms with Crippen LogP contribution in [-0.4, -0.2) is 34.3 Å². The largest absolute Gasteiger partial charge is 0.444 e. The summed E-state index contributed by atoms with van der Waals surface area (Å²) in [7, 11) is 0. The smallest absolute Gasteiger partial charge is 0.410 e. The highest BCUT2D eigenvalue weighted by atomic mass is 35.5. The molecule has 5 heteroatoms. The van der Waals surface area contributed by atoms with Gasteiger partial charge in [0.1, 0.15) is 5.60 Å². The summed E-state index contributed by atoms with van der Waals surface area (Å²) in [6.45, 7) is 8.04. The van der Waals surface area contributed by atoms with Crippen molar-refractivity contribution in [1.29, 1.82) is 0 Å². The molecule has 1 heterocycles. The van der Waals surface area contributed by atoms with E-state index in [1.165, 1.54) is 0 Å². The Morgan fingerprint density at radius 3 is 2.73 bits per heavy atom. The maximum absolute atomic E-state index is 12.3. The van der Waals surface area contributed by atoms with Crippen molar-refractivity contribution in [2.45, 2.75) is 58.3 Å². The van der Waals surface area contributed by atoms with Crippen molar-refractivity contribution < 1.29 is 14.6 Å². The number of nitrogens with zero attached hydrogens (tertiary/aromatic N) is 1. The van der Waals surface area contributed by atoms with Crippen molar-refractivity contribution in [3.8, 4) is 0 Å². The zero-order chi connectivity index (χ0) is 16.5. The van der Waals surface area contributed by atoms with Crippen LogP contribution in [0.15, 0.2) is 18.2 Å². The molecule has 2 rings (SSSR count). The summed E-state index contributed by atoms with van der Waals surface area (Å²) < 4.78 is 5.43. The van der Waals surface area contributed by atoms with Gasteiger partial charge in [-0.15, -0.1) is 0 Å². The predicted octanol–water partition coefficient (Wildman–Crippen LogP) is 4.08. The number of halogens is 1. The summed E-state index contributed by atoms with van der Waals surface area (Å²) >= 11 is 6.13. The Balaban J connectivity index is 2.15. The molecule has 0 bridgehead atoms. The normalized spacial score (nSPS) is 20.1. The number of aryl methyl sites for hydroxylation is 1. The van der Waals surface area contributed by atoms with Gasteiger partial charge in [-0.3, -0.25) is 0 Å². The Morgan fingerprint density at radius 2 is 2.14 bits per heavy atom. The molecule has 2 atom stereocenters. The second kappa shape index (κ2) is 6.47. The topological polar surface area (TPSA) is 49.8 Å². The molecule has 1 amide bonds. The Labute approximate surface area is 137 Å². The van der Waals surface area contributed by atoms with Gasteiger partial charge in [-0.1, -0.05) is 23.7 Å². The number of hydrogen-bond acceptors (Lipinski definition) is 3. The third-order valence-corrected chi connectivity index (χ3v) is 4.24. The first-order valence-corrected chi connectivity index (χ1v) is 8.00. The van der Waals surface area contributed by atoms with Crippen LogP contribution >= 0.6 is 11.6 Å². The second-order valence-electron chi connectivity index (χ2n) is 6.84. The van der Waals surface area contributed by atoms with Crippen LogP contribution in [0.3, 0.4) is 0 Å². The number of benzene rings is 1. The van der Waals surface area contributed by atoms with Crippen LogP contribution in [0.5, 0.6) is 0 Å². The van der Waals surface area contributed by atoms with Gasteiger partial charge in [0.05, 0.1) is 12.1 Å². The number of likely N-dealkylation sites (tertiary alicyclic amines) is 1. The highest BCUT2D eigenvalue weighted by Gasteiger charge is 2.37. The molecule has 0 spiro atoms. The number of amides is 1. The number of ether oxygens (including phenoxy) is 1. The minimum absolute atomic E-state index is 0.270. The number of aliphatic hydroxyl groups is 1. The Bertz CT molecular complexity index is 553. The number of aliphatic hydroxyl groups excluding tert-OH is 1. The average Bonchev–Trinajstić information content (AvgIpc) is 2.88. The lowest BCUT2D eigenvalue weighted by atomic mass is 9.99. The van der Waals surface area contributed by atoms with Crippen molar-refractivity contribution in [3.05, 3.63) is 34.3 Å². The zero-order valence-corrected chi connectivity index (χ0v) is 14.4. The fraction of sp³-hybridized carbons (Fsp3) is 0.588. The molecule has 22 heavy (non-hydrogen) atoms. The molecule has 4 nitrogen and oxygen atoms in total. The molecule has 1 fully saturated rings. The molecular formula is C17H24ClNO3. The number of carbonyl (C=O) groups is 1. The molecule has 1 unspecified atom stereocenters. The van der Waals surface area contributed by atoms with Crippen molar-refractivity contribution in [1.82, 2.24) is 4.90 Å². The average molecular weight is 326 g/mol. The maximum Gasteiger partial charge on any atom is 0.410 e. The summed E-state index contributed by atoms with van der Waals surface area (Å²) in [6.07, 6.45) is 0.493. The van der Waals surface area contributed by atoms with Gasteiger partial charge < -0.3 is 14.7 Å². The summed E-state index contributed by atoms with van der Waals surface area (Å²) in [5, 5.41) is 11.3. The lowest BCUT2D eigenvalue weighted by Gasteiger charge is -2.31. The molecule has 1 aromatic rings. The fourth-order valence-electron chi connectivity index (χ4n) is 2.68. The van der Waals surface area contributed by atoms with Crippen LogP contribution in [0, 0.1) is 6.92 Å². The highest BCUT2D eigenvalue weighted by Crippen LogP contribution is 2.32. The SMILES string of the molecule is Cc1ccc(C(O)[C@@H]2CCCN2C(=O)OC(C)(C)C)cc1Cl. The first kappa shape index (κ1) is 17.1.